The van der Waals surface area contributed by atoms with Crippen LogP contribution in [0.2, 0.25) is 0 Å². The molecule has 0 aliphatic heterocycles. The molecule has 1 saturated carbocycles. The maximum Gasteiger partial charge on any atom is 0.0354 e. The Labute approximate surface area is 234 Å². The van der Waals surface area contributed by atoms with E-state index in [-0.39, 0.29) is 0 Å². The lowest BCUT2D eigenvalue weighted by molar-refractivity contribution is 0.291. The molecule has 0 bridgehead atoms. The zero-order chi connectivity index (χ0) is 26.8. The standard InChI is InChI=1S/C37H42S/c1-7-28-19-20-32(31-17-12-16-30(21-31)24(2)3)22-33(28)23-34(29-14-9-8-10-15-29)26(5)37-27(6)36-25(4)13-11-18-35(36)38-37/h11-13,16-22,29,34H,2,5,7-10,14-15,23H2,1,3-4,6H3. The topological polar surface area (TPSA) is 0 Å². The van der Waals surface area contributed by atoms with Gasteiger partial charge in [0.2, 0.25) is 0 Å². The summed E-state index contributed by atoms with van der Waals surface area (Å²) >= 11 is 1.96. The lowest BCUT2D eigenvalue weighted by atomic mass is 9.73. The fourth-order valence-corrected chi connectivity index (χ4v) is 7.95. The van der Waals surface area contributed by atoms with E-state index in [1.807, 2.05) is 11.3 Å². The Morgan fingerprint density at radius 3 is 2.34 bits per heavy atom. The van der Waals surface area contributed by atoms with Crippen molar-refractivity contribution in [1.82, 2.24) is 0 Å². The number of fused-ring (bicyclic) bond motifs is 1. The first-order chi connectivity index (χ1) is 18.4. The summed E-state index contributed by atoms with van der Waals surface area (Å²) in [6.45, 7) is 18.0. The summed E-state index contributed by atoms with van der Waals surface area (Å²) in [4.78, 5) is 1.42. The van der Waals surface area contributed by atoms with Crippen molar-refractivity contribution in [2.24, 2.45) is 11.8 Å². The first-order valence-corrected chi connectivity index (χ1v) is 15.2. The summed E-state index contributed by atoms with van der Waals surface area (Å²) in [5, 5.41) is 1.43. The van der Waals surface area contributed by atoms with E-state index in [0.29, 0.717) is 11.8 Å². The quantitative estimate of drug-likeness (QED) is 0.217. The van der Waals surface area contributed by atoms with Crippen molar-refractivity contribution in [2.45, 2.75) is 72.6 Å². The van der Waals surface area contributed by atoms with E-state index in [2.05, 4.69) is 94.9 Å². The van der Waals surface area contributed by atoms with Gasteiger partial charge in [0.1, 0.15) is 0 Å². The van der Waals surface area contributed by atoms with E-state index in [9.17, 15) is 0 Å². The van der Waals surface area contributed by atoms with Crippen molar-refractivity contribution in [3.05, 3.63) is 107 Å². The van der Waals surface area contributed by atoms with Crippen LogP contribution in [0.3, 0.4) is 0 Å². The van der Waals surface area contributed by atoms with Crippen LogP contribution in [0.4, 0.5) is 0 Å². The number of hydrogen-bond donors (Lipinski definition) is 0. The smallest absolute Gasteiger partial charge is 0.0354 e. The van der Waals surface area contributed by atoms with E-state index in [0.717, 1.165) is 18.4 Å². The van der Waals surface area contributed by atoms with Gasteiger partial charge in [-0.05, 0) is 120 Å². The highest BCUT2D eigenvalue weighted by molar-refractivity contribution is 7.20. The van der Waals surface area contributed by atoms with Crippen molar-refractivity contribution in [3.8, 4) is 11.1 Å². The molecule has 0 spiro atoms. The van der Waals surface area contributed by atoms with Gasteiger partial charge in [-0.3, -0.25) is 0 Å². The minimum Gasteiger partial charge on any atom is -0.135 e. The lowest BCUT2D eigenvalue weighted by Gasteiger charge is -2.32. The Balaban J connectivity index is 1.55. The van der Waals surface area contributed by atoms with Gasteiger partial charge in [-0.15, -0.1) is 11.3 Å². The molecule has 1 fully saturated rings. The SMILES string of the molecule is C=C(C)c1cccc(-c2ccc(CC)c(CC(C(=C)c3sc4cccc(C)c4c3C)C3CCCCC3)c2)c1. The second-order valence-corrected chi connectivity index (χ2v) is 12.5. The van der Waals surface area contributed by atoms with E-state index in [1.165, 1.54) is 91.6 Å². The highest BCUT2D eigenvalue weighted by Gasteiger charge is 2.29. The lowest BCUT2D eigenvalue weighted by Crippen LogP contribution is -2.22. The molecule has 5 rings (SSSR count). The molecule has 3 aromatic carbocycles. The molecule has 196 valence electrons. The summed E-state index contributed by atoms with van der Waals surface area (Å²) in [6, 6.07) is 22.7. The molecule has 0 saturated heterocycles. The zero-order valence-corrected chi connectivity index (χ0v) is 24.5. The minimum atomic E-state index is 0.477. The first kappa shape index (κ1) is 26.7. The average molecular weight is 519 g/mol. The highest BCUT2D eigenvalue weighted by Crippen LogP contribution is 2.45. The van der Waals surface area contributed by atoms with Crippen LogP contribution in [0.25, 0.3) is 32.4 Å². The van der Waals surface area contributed by atoms with Gasteiger partial charge in [-0.1, -0.05) is 93.4 Å². The molecule has 4 aromatic rings. The van der Waals surface area contributed by atoms with Crippen LogP contribution in [0, 0.1) is 25.7 Å². The monoisotopic (exact) mass is 518 g/mol. The number of thiophene rings is 1. The molecule has 38 heavy (non-hydrogen) atoms. The van der Waals surface area contributed by atoms with Crippen molar-refractivity contribution in [2.75, 3.05) is 0 Å². The largest absolute Gasteiger partial charge is 0.135 e. The Morgan fingerprint density at radius 1 is 0.895 bits per heavy atom. The maximum atomic E-state index is 4.85. The molecule has 0 amide bonds. The van der Waals surface area contributed by atoms with Crippen molar-refractivity contribution < 1.29 is 0 Å². The zero-order valence-electron chi connectivity index (χ0n) is 23.7. The molecule has 0 nitrogen and oxygen atoms in total. The number of allylic oxidation sites excluding steroid dienone is 2. The van der Waals surface area contributed by atoms with Gasteiger partial charge >= 0.3 is 0 Å². The summed E-state index contributed by atoms with van der Waals surface area (Å²) in [5.74, 6) is 1.19. The summed E-state index contributed by atoms with van der Waals surface area (Å²) < 4.78 is 1.40. The predicted octanol–water partition coefficient (Wildman–Crippen LogP) is 11.2. The molecule has 1 aromatic heterocycles. The second-order valence-electron chi connectivity index (χ2n) is 11.4. The van der Waals surface area contributed by atoms with Gasteiger partial charge in [-0.25, -0.2) is 0 Å². The summed E-state index contributed by atoms with van der Waals surface area (Å²) in [6.07, 6.45) is 8.88. The van der Waals surface area contributed by atoms with E-state index >= 15 is 0 Å². The molecule has 0 radical (unpaired) electrons. The van der Waals surface area contributed by atoms with Crippen LogP contribution in [-0.2, 0) is 12.8 Å². The van der Waals surface area contributed by atoms with Crippen molar-refractivity contribution in [3.63, 3.8) is 0 Å². The second kappa shape index (κ2) is 11.5. The maximum absolute atomic E-state index is 4.85. The Bertz CT molecular complexity index is 1470. The number of hydrogen-bond acceptors (Lipinski definition) is 1. The van der Waals surface area contributed by atoms with E-state index in [4.69, 9.17) is 6.58 Å². The average Bonchev–Trinajstić information content (AvgIpc) is 3.29. The molecule has 1 heteroatoms. The van der Waals surface area contributed by atoms with E-state index in [1.54, 1.807) is 0 Å². The fourth-order valence-electron chi connectivity index (χ4n) is 6.63. The third-order valence-electron chi connectivity index (χ3n) is 8.84. The third-order valence-corrected chi connectivity index (χ3v) is 10.2. The molecule has 1 atom stereocenters. The molecule has 1 aliphatic rings. The Kier molecular flexibility index (Phi) is 8.05. The molecule has 0 N–H and O–H groups in total. The van der Waals surface area contributed by atoms with Crippen LogP contribution in [0.1, 0.15) is 78.6 Å². The van der Waals surface area contributed by atoms with Gasteiger partial charge < -0.3 is 0 Å². The highest BCUT2D eigenvalue weighted by atomic mass is 32.1. The van der Waals surface area contributed by atoms with Gasteiger partial charge in [-0.2, -0.15) is 0 Å². The van der Waals surface area contributed by atoms with E-state index < -0.39 is 0 Å². The van der Waals surface area contributed by atoms with Crippen LogP contribution in [0.5, 0.6) is 0 Å². The van der Waals surface area contributed by atoms with Crippen molar-refractivity contribution in [1.29, 1.82) is 0 Å². The third kappa shape index (κ3) is 5.32. The summed E-state index contributed by atoms with van der Waals surface area (Å²) in [7, 11) is 0. The van der Waals surface area contributed by atoms with Crippen molar-refractivity contribution >= 4 is 32.6 Å². The summed E-state index contributed by atoms with van der Waals surface area (Å²) in [5.41, 5.74) is 12.1. The number of aryl methyl sites for hydroxylation is 3. The van der Waals surface area contributed by atoms with Crippen LogP contribution in [-0.4, -0.2) is 0 Å². The molecule has 1 heterocycles. The molecular formula is C37H42S. The van der Waals surface area contributed by atoms with Crippen LogP contribution >= 0.6 is 11.3 Å². The van der Waals surface area contributed by atoms with Crippen LogP contribution in [0.15, 0.2) is 73.8 Å². The van der Waals surface area contributed by atoms with Crippen LogP contribution < -0.4 is 0 Å². The van der Waals surface area contributed by atoms with Gasteiger partial charge in [0.05, 0.1) is 0 Å². The Morgan fingerprint density at radius 2 is 1.63 bits per heavy atom. The van der Waals surface area contributed by atoms with Gasteiger partial charge in [0.15, 0.2) is 0 Å². The first-order valence-electron chi connectivity index (χ1n) is 14.4. The molecule has 1 unspecified atom stereocenters. The molecule has 1 aliphatic carbocycles. The number of rotatable bonds is 8. The molecular weight excluding hydrogens is 476 g/mol. The minimum absolute atomic E-state index is 0.477. The fraction of sp³-hybridized carbons (Fsp3) is 0.351. The normalized spacial score (nSPS) is 15.1. The number of benzene rings is 3. The van der Waals surface area contributed by atoms with Gasteiger partial charge in [0, 0.05) is 9.58 Å². The Hall–Kier alpha value is -2.90. The van der Waals surface area contributed by atoms with Gasteiger partial charge in [0.25, 0.3) is 0 Å². The predicted molar refractivity (Wildman–Crippen MR) is 170 cm³/mol.